The Morgan fingerprint density at radius 1 is 0.636 bits per heavy atom. The molecule has 0 saturated heterocycles. The minimum Gasteiger partial charge on any atom is -0.508 e. The molecule has 168 valence electrons. The minimum atomic E-state index is 0.188. The molecule has 0 aliphatic heterocycles. The molecule has 5 heteroatoms. The molecule has 0 amide bonds. The average molecular weight is 442 g/mol. The van der Waals surface area contributed by atoms with Crippen molar-refractivity contribution in [3.63, 3.8) is 0 Å². The Bertz CT molecular complexity index is 1280. The van der Waals surface area contributed by atoms with E-state index in [1.54, 1.807) is 24.3 Å². The van der Waals surface area contributed by atoms with Gasteiger partial charge in [-0.3, -0.25) is 0 Å². The summed E-state index contributed by atoms with van der Waals surface area (Å²) in [5.74, 6) is 1.77. The van der Waals surface area contributed by atoms with Crippen molar-refractivity contribution >= 4 is 17.1 Å². The van der Waals surface area contributed by atoms with E-state index in [2.05, 4.69) is 0 Å². The lowest BCUT2D eigenvalue weighted by molar-refractivity contribution is 0.445. The van der Waals surface area contributed by atoms with E-state index in [0.717, 1.165) is 22.6 Å². The molecule has 0 aliphatic carbocycles. The summed E-state index contributed by atoms with van der Waals surface area (Å²) in [5.41, 5.74) is 5.25. The van der Waals surface area contributed by atoms with Gasteiger partial charge in [-0.1, -0.05) is 24.3 Å². The van der Waals surface area contributed by atoms with Crippen LogP contribution in [0.4, 0.5) is 17.1 Å². The second-order valence-electron chi connectivity index (χ2n) is 8.13. The highest BCUT2D eigenvalue weighted by atomic mass is 16.5. The Labute approximate surface area is 193 Å². The number of nitrogens with zero attached hydrogens (tertiary/aromatic N) is 1. The molecule has 4 rings (SSSR count). The van der Waals surface area contributed by atoms with Crippen molar-refractivity contribution in [2.24, 2.45) is 0 Å². The molecule has 0 aromatic heterocycles. The molecular formula is C28H27NO4. The second-order valence-corrected chi connectivity index (χ2v) is 8.13. The van der Waals surface area contributed by atoms with E-state index in [1.165, 1.54) is 0 Å². The van der Waals surface area contributed by atoms with Crippen LogP contribution in [0.3, 0.4) is 0 Å². The highest BCUT2D eigenvalue weighted by Crippen LogP contribution is 2.43. The fraction of sp³-hybridized carbons (Fsp3) is 0.143. The van der Waals surface area contributed by atoms with Gasteiger partial charge in [0.1, 0.15) is 28.7 Å². The van der Waals surface area contributed by atoms with Gasteiger partial charge in [0.05, 0.1) is 11.4 Å². The quantitative estimate of drug-likeness (QED) is 0.303. The van der Waals surface area contributed by atoms with Crippen LogP contribution in [0.5, 0.6) is 28.7 Å². The number of ether oxygens (including phenoxy) is 1. The number of hydrogen-bond acceptors (Lipinski definition) is 5. The van der Waals surface area contributed by atoms with Crippen molar-refractivity contribution < 1.29 is 20.1 Å². The predicted molar refractivity (Wildman–Crippen MR) is 132 cm³/mol. The molecule has 0 fully saturated rings. The number of phenolic OH excluding ortho intramolecular Hbond substituents is 3. The van der Waals surface area contributed by atoms with E-state index >= 15 is 0 Å². The Balaban J connectivity index is 1.84. The lowest BCUT2D eigenvalue weighted by Crippen LogP contribution is -2.12. The van der Waals surface area contributed by atoms with Crippen molar-refractivity contribution in [1.82, 2.24) is 0 Å². The first-order valence-corrected chi connectivity index (χ1v) is 10.7. The van der Waals surface area contributed by atoms with Gasteiger partial charge in [-0.15, -0.1) is 0 Å². The summed E-state index contributed by atoms with van der Waals surface area (Å²) in [4.78, 5) is 1.98. The third-order valence-electron chi connectivity index (χ3n) is 5.92. The summed E-state index contributed by atoms with van der Waals surface area (Å²) in [6, 6.07) is 22.0. The topological polar surface area (TPSA) is 73.2 Å². The molecule has 0 saturated carbocycles. The van der Waals surface area contributed by atoms with Crippen LogP contribution < -0.4 is 9.64 Å². The molecule has 5 nitrogen and oxygen atoms in total. The molecule has 4 aromatic carbocycles. The van der Waals surface area contributed by atoms with Crippen molar-refractivity contribution in [1.29, 1.82) is 0 Å². The fourth-order valence-electron chi connectivity index (χ4n) is 3.86. The molecular weight excluding hydrogens is 414 g/mol. The number of rotatable bonds is 5. The van der Waals surface area contributed by atoms with Gasteiger partial charge < -0.3 is 25.0 Å². The van der Waals surface area contributed by atoms with Crippen LogP contribution in [0.25, 0.3) is 0 Å². The first-order chi connectivity index (χ1) is 15.8. The van der Waals surface area contributed by atoms with Crippen LogP contribution >= 0.6 is 0 Å². The molecule has 4 aromatic rings. The van der Waals surface area contributed by atoms with Gasteiger partial charge in [-0.05, 0) is 75.7 Å². The van der Waals surface area contributed by atoms with Crippen molar-refractivity contribution in [3.8, 4) is 28.7 Å². The van der Waals surface area contributed by atoms with Gasteiger partial charge >= 0.3 is 0 Å². The van der Waals surface area contributed by atoms with Crippen molar-refractivity contribution in [2.45, 2.75) is 27.7 Å². The second kappa shape index (κ2) is 8.79. The first kappa shape index (κ1) is 22.1. The van der Waals surface area contributed by atoms with Gasteiger partial charge in [0.15, 0.2) is 0 Å². The summed E-state index contributed by atoms with van der Waals surface area (Å²) in [7, 11) is 0. The molecule has 0 radical (unpaired) electrons. The normalized spacial score (nSPS) is 10.8. The zero-order valence-corrected chi connectivity index (χ0v) is 19.1. The van der Waals surface area contributed by atoms with E-state index < -0.39 is 0 Å². The number of benzene rings is 4. The van der Waals surface area contributed by atoms with Gasteiger partial charge in [0.25, 0.3) is 0 Å². The lowest BCUT2D eigenvalue weighted by Gasteiger charge is -2.29. The number of phenols is 3. The van der Waals surface area contributed by atoms with Gasteiger partial charge in [-0.25, -0.2) is 0 Å². The van der Waals surface area contributed by atoms with Crippen LogP contribution in [0, 0.1) is 27.7 Å². The third-order valence-corrected chi connectivity index (χ3v) is 5.92. The SMILES string of the molecule is Cc1ccc(Oc2cccc(N(c3cccc(O)c3C)c3cccc(O)c3C)c2)c(C)c1O. The molecule has 0 heterocycles. The summed E-state index contributed by atoms with van der Waals surface area (Å²) >= 11 is 0. The van der Waals surface area contributed by atoms with Crippen LogP contribution in [0.1, 0.15) is 22.3 Å². The first-order valence-electron chi connectivity index (χ1n) is 10.7. The van der Waals surface area contributed by atoms with Gasteiger partial charge in [0, 0.05) is 28.4 Å². The monoisotopic (exact) mass is 441 g/mol. The number of hydrogen-bond donors (Lipinski definition) is 3. The lowest BCUT2D eigenvalue weighted by atomic mass is 10.1. The Morgan fingerprint density at radius 3 is 1.82 bits per heavy atom. The summed E-state index contributed by atoms with van der Waals surface area (Å²) in [5, 5.41) is 31.0. The highest BCUT2D eigenvalue weighted by molar-refractivity contribution is 5.82. The molecule has 0 aliphatic rings. The molecule has 0 spiro atoms. The van der Waals surface area contributed by atoms with E-state index in [0.29, 0.717) is 28.2 Å². The largest absolute Gasteiger partial charge is 0.508 e. The molecule has 0 unspecified atom stereocenters. The molecule has 0 atom stereocenters. The molecule has 3 N–H and O–H groups in total. The smallest absolute Gasteiger partial charge is 0.134 e. The zero-order chi connectivity index (χ0) is 23.7. The summed E-state index contributed by atoms with van der Waals surface area (Å²) in [6.07, 6.45) is 0. The number of anilines is 3. The standard InChI is InChI=1S/C28H27NO4/c1-17-14-15-27(20(4)28(17)32)33-22-9-5-8-21(16-22)29(23-10-6-12-25(30)18(23)2)24-11-7-13-26(31)19(24)3/h5-16,30-32H,1-4H3. The van der Waals surface area contributed by atoms with Crippen LogP contribution in [0.15, 0.2) is 72.8 Å². The maximum Gasteiger partial charge on any atom is 0.134 e. The van der Waals surface area contributed by atoms with Crippen LogP contribution in [0.2, 0.25) is 0 Å². The maximum atomic E-state index is 10.4. The average Bonchev–Trinajstić information content (AvgIpc) is 2.80. The van der Waals surface area contributed by atoms with Crippen molar-refractivity contribution in [2.75, 3.05) is 4.90 Å². The van der Waals surface area contributed by atoms with Crippen LogP contribution in [-0.2, 0) is 0 Å². The highest BCUT2D eigenvalue weighted by Gasteiger charge is 2.20. The van der Waals surface area contributed by atoms with Crippen LogP contribution in [-0.4, -0.2) is 15.3 Å². The Morgan fingerprint density at radius 2 is 1.21 bits per heavy atom. The number of aromatic hydroxyl groups is 3. The van der Waals surface area contributed by atoms with E-state index in [-0.39, 0.29) is 17.2 Å². The van der Waals surface area contributed by atoms with E-state index in [1.807, 2.05) is 81.1 Å². The van der Waals surface area contributed by atoms with Crippen molar-refractivity contribution in [3.05, 3.63) is 95.1 Å². The zero-order valence-electron chi connectivity index (χ0n) is 19.1. The van der Waals surface area contributed by atoms with Gasteiger partial charge in [-0.2, -0.15) is 0 Å². The molecule has 33 heavy (non-hydrogen) atoms. The van der Waals surface area contributed by atoms with E-state index in [4.69, 9.17) is 4.74 Å². The number of aryl methyl sites for hydroxylation is 1. The Kier molecular flexibility index (Phi) is 5.88. The summed E-state index contributed by atoms with van der Waals surface area (Å²) < 4.78 is 6.13. The van der Waals surface area contributed by atoms with Gasteiger partial charge in [0.2, 0.25) is 0 Å². The third kappa shape index (κ3) is 4.17. The Hall–Kier alpha value is -4.12. The minimum absolute atomic E-state index is 0.188. The summed E-state index contributed by atoms with van der Waals surface area (Å²) in [6.45, 7) is 7.38. The maximum absolute atomic E-state index is 10.4. The predicted octanol–water partition coefficient (Wildman–Crippen LogP) is 7.30. The molecule has 0 bridgehead atoms. The fourth-order valence-corrected chi connectivity index (χ4v) is 3.86. The van der Waals surface area contributed by atoms with E-state index in [9.17, 15) is 15.3 Å².